The van der Waals surface area contributed by atoms with E-state index < -0.39 is 5.54 Å². The number of nitrogens with zero attached hydrogens (tertiary/aromatic N) is 1. The van der Waals surface area contributed by atoms with Gasteiger partial charge in [0.1, 0.15) is 5.54 Å². The minimum atomic E-state index is -0.568. The number of fused-ring (bicyclic) bond motifs is 1. The summed E-state index contributed by atoms with van der Waals surface area (Å²) < 4.78 is 0. The maximum absolute atomic E-state index is 11.9. The molecular weight excluding hydrogens is 204 g/mol. The minimum Gasteiger partial charge on any atom is -0.392 e. The molecule has 0 saturated heterocycles. The average Bonchev–Trinajstić information content (AvgIpc) is 2.26. The molecule has 16 heavy (non-hydrogen) atoms. The molecule has 0 atom stereocenters. The molecule has 1 aliphatic rings. The minimum absolute atomic E-state index is 0.0524. The van der Waals surface area contributed by atoms with E-state index >= 15 is 0 Å². The molecule has 2 rings (SSSR count). The summed E-state index contributed by atoms with van der Waals surface area (Å²) in [7, 11) is 1.89. The summed E-state index contributed by atoms with van der Waals surface area (Å²) in [6, 6.07) is 5.63. The number of amides is 1. The van der Waals surface area contributed by atoms with Crippen LogP contribution in [0.25, 0.3) is 0 Å². The van der Waals surface area contributed by atoms with Crippen molar-refractivity contribution in [1.29, 1.82) is 0 Å². The number of benzene rings is 1. The summed E-state index contributed by atoms with van der Waals surface area (Å²) in [5.74, 6) is -0.0524. The first-order chi connectivity index (χ1) is 7.48. The summed E-state index contributed by atoms with van der Waals surface area (Å²) >= 11 is 0. The lowest BCUT2D eigenvalue weighted by Crippen LogP contribution is -2.54. The van der Waals surface area contributed by atoms with Gasteiger partial charge in [-0.05, 0) is 19.9 Å². The van der Waals surface area contributed by atoms with E-state index in [-0.39, 0.29) is 12.5 Å². The van der Waals surface area contributed by atoms with Gasteiger partial charge in [0.05, 0.1) is 18.0 Å². The predicted octanol–water partition coefficient (Wildman–Crippen LogP) is 1.35. The van der Waals surface area contributed by atoms with Gasteiger partial charge in [-0.1, -0.05) is 12.1 Å². The van der Waals surface area contributed by atoms with Gasteiger partial charge < -0.3 is 15.3 Å². The third kappa shape index (κ3) is 1.38. The first-order valence-electron chi connectivity index (χ1n) is 5.26. The molecular formula is C12H16N2O2. The maximum atomic E-state index is 11.9. The second-order valence-electron chi connectivity index (χ2n) is 4.54. The lowest BCUT2D eigenvalue weighted by Gasteiger charge is -2.41. The van der Waals surface area contributed by atoms with E-state index in [0.717, 1.165) is 16.9 Å². The number of para-hydroxylation sites is 1. The van der Waals surface area contributed by atoms with Gasteiger partial charge in [-0.3, -0.25) is 4.79 Å². The first kappa shape index (κ1) is 11.0. The highest BCUT2D eigenvalue weighted by atomic mass is 16.3. The highest BCUT2D eigenvalue weighted by molar-refractivity contribution is 6.06. The average molecular weight is 220 g/mol. The van der Waals surface area contributed by atoms with Gasteiger partial charge in [0, 0.05) is 12.6 Å². The number of nitrogens with one attached hydrogen (secondary N) is 1. The normalized spacial score (nSPS) is 18.0. The number of aliphatic hydroxyl groups excluding tert-OH is 1. The van der Waals surface area contributed by atoms with Crippen molar-refractivity contribution >= 4 is 17.3 Å². The molecule has 0 bridgehead atoms. The summed E-state index contributed by atoms with van der Waals surface area (Å²) in [6.45, 7) is 3.67. The van der Waals surface area contributed by atoms with E-state index in [1.54, 1.807) is 0 Å². The van der Waals surface area contributed by atoms with Crippen LogP contribution in [0.2, 0.25) is 0 Å². The van der Waals surface area contributed by atoms with E-state index in [4.69, 9.17) is 0 Å². The Morgan fingerprint density at radius 2 is 2.12 bits per heavy atom. The molecule has 0 saturated carbocycles. The van der Waals surface area contributed by atoms with E-state index in [1.165, 1.54) is 0 Å². The molecule has 1 aromatic rings. The molecule has 86 valence electrons. The van der Waals surface area contributed by atoms with Crippen LogP contribution in [-0.4, -0.2) is 23.6 Å². The molecule has 0 aromatic heterocycles. The van der Waals surface area contributed by atoms with Crippen molar-refractivity contribution in [1.82, 2.24) is 0 Å². The molecule has 4 nitrogen and oxygen atoms in total. The van der Waals surface area contributed by atoms with Crippen molar-refractivity contribution in [3.8, 4) is 0 Å². The van der Waals surface area contributed by atoms with Gasteiger partial charge in [0.15, 0.2) is 0 Å². The third-order valence-electron chi connectivity index (χ3n) is 3.29. The Hall–Kier alpha value is -1.55. The Morgan fingerprint density at radius 1 is 1.44 bits per heavy atom. The quantitative estimate of drug-likeness (QED) is 0.751. The standard InChI is InChI=1S/C12H16N2O2/c1-12(2)11(16)13-10-8(7-15)5-4-6-9(10)14(12)3/h4-6,15H,7H2,1-3H3,(H,13,16). The van der Waals surface area contributed by atoms with Crippen molar-refractivity contribution in [2.24, 2.45) is 0 Å². The lowest BCUT2D eigenvalue weighted by molar-refractivity contribution is -0.120. The van der Waals surface area contributed by atoms with Crippen LogP contribution in [0.5, 0.6) is 0 Å². The van der Waals surface area contributed by atoms with E-state index in [0.29, 0.717) is 0 Å². The summed E-state index contributed by atoms with van der Waals surface area (Å²) in [6.07, 6.45) is 0. The van der Waals surface area contributed by atoms with Crippen molar-refractivity contribution in [3.63, 3.8) is 0 Å². The fraction of sp³-hybridized carbons (Fsp3) is 0.417. The number of carbonyl (C=O) groups is 1. The first-order valence-corrected chi connectivity index (χ1v) is 5.26. The van der Waals surface area contributed by atoms with Gasteiger partial charge >= 0.3 is 0 Å². The fourth-order valence-corrected chi connectivity index (χ4v) is 1.86. The highest BCUT2D eigenvalue weighted by Crippen LogP contribution is 2.37. The lowest BCUT2D eigenvalue weighted by atomic mass is 9.96. The van der Waals surface area contributed by atoms with E-state index in [2.05, 4.69) is 5.32 Å². The van der Waals surface area contributed by atoms with Gasteiger partial charge in [0.25, 0.3) is 0 Å². The zero-order chi connectivity index (χ0) is 11.9. The zero-order valence-corrected chi connectivity index (χ0v) is 9.74. The molecule has 1 amide bonds. The van der Waals surface area contributed by atoms with Crippen LogP contribution >= 0.6 is 0 Å². The molecule has 0 aliphatic carbocycles. The van der Waals surface area contributed by atoms with Crippen LogP contribution in [-0.2, 0) is 11.4 Å². The molecule has 0 spiro atoms. The summed E-state index contributed by atoms with van der Waals surface area (Å²) in [4.78, 5) is 13.9. The number of aliphatic hydroxyl groups is 1. The topological polar surface area (TPSA) is 52.6 Å². The largest absolute Gasteiger partial charge is 0.392 e. The Labute approximate surface area is 94.9 Å². The zero-order valence-electron chi connectivity index (χ0n) is 9.74. The molecule has 0 unspecified atom stereocenters. The molecule has 0 radical (unpaired) electrons. The van der Waals surface area contributed by atoms with Gasteiger partial charge in [-0.2, -0.15) is 0 Å². The number of carbonyl (C=O) groups excluding carboxylic acids is 1. The number of anilines is 2. The third-order valence-corrected chi connectivity index (χ3v) is 3.29. The van der Waals surface area contributed by atoms with Crippen LogP contribution in [0.3, 0.4) is 0 Å². The van der Waals surface area contributed by atoms with E-state index in [9.17, 15) is 9.90 Å². The van der Waals surface area contributed by atoms with Crippen LogP contribution in [0, 0.1) is 0 Å². The van der Waals surface area contributed by atoms with Crippen molar-refractivity contribution in [3.05, 3.63) is 23.8 Å². The molecule has 4 heteroatoms. The fourth-order valence-electron chi connectivity index (χ4n) is 1.86. The second-order valence-corrected chi connectivity index (χ2v) is 4.54. The van der Waals surface area contributed by atoms with Crippen LogP contribution in [0.1, 0.15) is 19.4 Å². The Bertz CT molecular complexity index is 441. The number of rotatable bonds is 1. The van der Waals surface area contributed by atoms with Gasteiger partial charge in [-0.25, -0.2) is 0 Å². The van der Waals surface area contributed by atoms with Crippen LogP contribution in [0.4, 0.5) is 11.4 Å². The molecule has 1 aromatic carbocycles. The second kappa shape index (κ2) is 3.49. The molecule has 0 fully saturated rings. The monoisotopic (exact) mass is 220 g/mol. The Balaban J connectivity index is 2.59. The predicted molar refractivity (Wildman–Crippen MR) is 63.5 cm³/mol. The smallest absolute Gasteiger partial charge is 0.249 e. The number of hydrogen-bond donors (Lipinski definition) is 2. The summed E-state index contributed by atoms with van der Waals surface area (Å²) in [5.41, 5.74) is 1.84. The van der Waals surface area contributed by atoms with Crippen molar-refractivity contribution in [2.75, 3.05) is 17.3 Å². The maximum Gasteiger partial charge on any atom is 0.249 e. The Morgan fingerprint density at radius 3 is 2.75 bits per heavy atom. The van der Waals surface area contributed by atoms with E-state index in [1.807, 2.05) is 44.0 Å². The van der Waals surface area contributed by atoms with Gasteiger partial charge in [0.2, 0.25) is 5.91 Å². The van der Waals surface area contributed by atoms with Crippen molar-refractivity contribution < 1.29 is 9.90 Å². The summed E-state index contributed by atoms with van der Waals surface area (Å²) in [5, 5.41) is 12.1. The molecule has 1 heterocycles. The van der Waals surface area contributed by atoms with Crippen LogP contribution < -0.4 is 10.2 Å². The molecule has 2 N–H and O–H groups in total. The molecule has 1 aliphatic heterocycles. The van der Waals surface area contributed by atoms with Gasteiger partial charge in [-0.15, -0.1) is 0 Å². The highest BCUT2D eigenvalue weighted by Gasteiger charge is 2.38. The van der Waals surface area contributed by atoms with Crippen LogP contribution in [0.15, 0.2) is 18.2 Å². The number of likely N-dealkylation sites (N-methyl/N-ethyl adjacent to an activating group) is 1. The Kier molecular flexibility index (Phi) is 2.39. The SMILES string of the molecule is CN1c2cccc(CO)c2NC(=O)C1(C)C. The number of hydrogen-bond acceptors (Lipinski definition) is 3. The van der Waals surface area contributed by atoms with Crippen molar-refractivity contribution in [2.45, 2.75) is 26.0 Å².